The summed E-state index contributed by atoms with van der Waals surface area (Å²) >= 11 is 0. The third-order valence-electron chi connectivity index (χ3n) is 4.45. The first-order chi connectivity index (χ1) is 14.1. The van der Waals surface area contributed by atoms with E-state index >= 15 is 0 Å². The number of rotatable bonds is 5. The summed E-state index contributed by atoms with van der Waals surface area (Å²) < 4.78 is 15.6. The highest BCUT2D eigenvalue weighted by molar-refractivity contribution is 5.98. The minimum Gasteiger partial charge on any atom is -0.486 e. The molecule has 0 atom stereocenters. The lowest BCUT2D eigenvalue weighted by molar-refractivity contribution is -0.385. The number of carbonyl (C=O) groups excluding carboxylic acids is 2. The smallest absolute Gasteiger partial charge is 0.345 e. The number of nitrogens with zero attached hydrogens (tertiary/aromatic N) is 1. The molecule has 1 N–H and O–H groups in total. The normalized spacial score (nSPS) is 12.8. The predicted molar refractivity (Wildman–Crippen MR) is 108 cm³/mol. The highest BCUT2D eigenvalue weighted by atomic mass is 16.6. The summed E-state index contributed by atoms with van der Waals surface area (Å²) in [5.41, 5.74) is 0.845. The minimum absolute atomic E-state index is 0.0174. The van der Waals surface area contributed by atoms with Crippen molar-refractivity contribution in [3.8, 4) is 11.5 Å². The Morgan fingerprint density at radius 3 is 2.27 bits per heavy atom. The highest BCUT2D eigenvalue weighted by Crippen LogP contribution is 2.36. The topological polar surface area (TPSA) is 117 Å². The van der Waals surface area contributed by atoms with Crippen LogP contribution in [0.25, 0.3) is 0 Å². The van der Waals surface area contributed by atoms with Gasteiger partial charge in [0.15, 0.2) is 18.1 Å². The summed E-state index contributed by atoms with van der Waals surface area (Å²) in [6.07, 6.45) is 0. The zero-order valence-corrected chi connectivity index (χ0v) is 16.9. The first-order valence-corrected chi connectivity index (χ1v) is 9.31. The van der Waals surface area contributed by atoms with Crippen LogP contribution < -0.4 is 14.8 Å². The first kappa shape index (κ1) is 21.1. The highest BCUT2D eigenvalue weighted by Gasteiger charge is 2.27. The monoisotopic (exact) mass is 414 g/mol. The van der Waals surface area contributed by atoms with E-state index in [2.05, 4.69) is 26.1 Å². The van der Waals surface area contributed by atoms with E-state index in [9.17, 15) is 19.7 Å². The van der Waals surface area contributed by atoms with E-state index < -0.39 is 29.1 Å². The van der Waals surface area contributed by atoms with Gasteiger partial charge in [-0.1, -0.05) is 32.9 Å². The van der Waals surface area contributed by atoms with Crippen molar-refractivity contribution in [3.63, 3.8) is 0 Å². The third-order valence-corrected chi connectivity index (χ3v) is 4.45. The predicted octanol–water partition coefficient (Wildman–Crippen LogP) is 3.46. The lowest BCUT2D eigenvalue weighted by atomic mass is 9.87. The molecule has 9 heteroatoms. The second-order valence-electron chi connectivity index (χ2n) is 7.72. The van der Waals surface area contributed by atoms with Gasteiger partial charge in [-0.05, 0) is 23.1 Å². The van der Waals surface area contributed by atoms with Crippen LogP contribution in [0, 0.1) is 10.1 Å². The molecule has 3 rings (SSSR count). The van der Waals surface area contributed by atoms with Crippen molar-refractivity contribution in [2.24, 2.45) is 0 Å². The molecule has 0 bridgehead atoms. The van der Waals surface area contributed by atoms with Crippen LogP contribution in [-0.4, -0.2) is 36.6 Å². The van der Waals surface area contributed by atoms with Crippen LogP contribution in [0.15, 0.2) is 36.4 Å². The van der Waals surface area contributed by atoms with Crippen molar-refractivity contribution in [1.29, 1.82) is 0 Å². The number of nitro groups is 1. The molecule has 1 heterocycles. The van der Waals surface area contributed by atoms with Crippen LogP contribution in [0.4, 0.5) is 11.4 Å². The Morgan fingerprint density at radius 2 is 1.70 bits per heavy atom. The van der Waals surface area contributed by atoms with Gasteiger partial charge in [-0.2, -0.15) is 0 Å². The van der Waals surface area contributed by atoms with Crippen molar-refractivity contribution in [2.75, 3.05) is 25.1 Å². The lowest BCUT2D eigenvalue weighted by Crippen LogP contribution is -2.22. The number of carbonyl (C=O) groups is 2. The molecular formula is C21H22N2O7. The molecule has 0 aliphatic carbocycles. The van der Waals surface area contributed by atoms with Crippen molar-refractivity contribution in [1.82, 2.24) is 0 Å². The summed E-state index contributed by atoms with van der Waals surface area (Å²) in [6.45, 7) is 6.16. The van der Waals surface area contributed by atoms with Gasteiger partial charge < -0.3 is 19.5 Å². The molecular weight excluding hydrogens is 392 g/mol. The van der Waals surface area contributed by atoms with Crippen LogP contribution >= 0.6 is 0 Å². The molecule has 0 saturated carbocycles. The average Bonchev–Trinajstić information content (AvgIpc) is 2.70. The van der Waals surface area contributed by atoms with E-state index in [0.717, 1.165) is 11.6 Å². The second-order valence-corrected chi connectivity index (χ2v) is 7.72. The van der Waals surface area contributed by atoms with Gasteiger partial charge in [0.05, 0.1) is 11.0 Å². The molecule has 0 spiro atoms. The van der Waals surface area contributed by atoms with E-state index in [0.29, 0.717) is 5.69 Å². The average molecular weight is 414 g/mol. The van der Waals surface area contributed by atoms with E-state index in [-0.39, 0.29) is 35.7 Å². The maximum absolute atomic E-state index is 12.4. The van der Waals surface area contributed by atoms with Gasteiger partial charge in [0.25, 0.3) is 11.6 Å². The summed E-state index contributed by atoms with van der Waals surface area (Å²) in [7, 11) is 0. The summed E-state index contributed by atoms with van der Waals surface area (Å²) in [6, 6.07) is 9.62. The standard InChI is InChI=1S/C21H22N2O7/c1-21(2,3)13-4-6-14(7-5-13)22-19(24)12-30-20(25)15-10-17-18(29-9-8-28-17)11-16(15)23(26)27/h4-7,10-11H,8-9,12H2,1-3H3,(H,22,24). The summed E-state index contributed by atoms with van der Waals surface area (Å²) in [4.78, 5) is 35.1. The number of nitro benzene ring substituents is 1. The molecule has 2 aromatic rings. The molecule has 2 aromatic carbocycles. The van der Waals surface area contributed by atoms with Crippen molar-refractivity contribution < 1.29 is 28.7 Å². The quantitative estimate of drug-likeness (QED) is 0.452. The second kappa shape index (κ2) is 8.40. The van der Waals surface area contributed by atoms with Gasteiger partial charge in [0.2, 0.25) is 0 Å². The van der Waals surface area contributed by atoms with Crippen LogP contribution in [0.1, 0.15) is 36.7 Å². The number of anilines is 1. The Labute approximate surface area is 173 Å². The largest absolute Gasteiger partial charge is 0.486 e. The first-order valence-electron chi connectivity index (χ1n) is 9.31. The maximum Gasteiger partial charge on any atom is 0.345 e. The molecule has 0 radical (unpaired) electrons. The Hall–Kier alpha value is -3.62. The number of fused-ring (bicyclic) bond motifs is 1. The van der Waals surface area contributed by atoms with Crippen molar-refractivity contribution >= 4 is 23.3 Å². The van der Waals surface area contributed by atoms with Gasteiger partial charge in [-0.3, -0.25) is 14.9 Å². The Morgan fingerprint density at radius 1 is 1.10 bits per heavy atom. The number of ether oxygens (including phenoxy) is 3. The molecule has 0 unspecified atom stereocenters. The third kappa shape index (κ3) is 4.86. The Kier molecular flexibility index (Phi) is 5.91. The number of amides is 1. The number of hydrogen-bond donors (Lipinski definition) is 1. The fourth-order valence-corrected chi connectivity index (χ4v) is 2.85. The van der Waals surface area contributed by atoms with Gasteiger partial charge in [-0.15, -0.1) is 0 Å². The molecule has 0 fully saturated rings. The number of hydrogen-bond acceptors (Lipinski definition) is 7. The number of benzene rings is 2. The van der Waals surface area contributed by atoms with E-state index in [1.807, 2.05) is 12.1 Å². The SMILES string of the molecule is CC(C)(C)c1ccc(NC(=O)COC(=O)c2cc3c(cc2[N+](=O)[O-])OCCO3)cc1. The zero-order valence-electron chi connectivity index (χ0n) is 16.9. The van der Waals surface area contributed by atoms with Gasteiger partial charge in [0, 0.05) is 11.8 Å². The summed E-state index contributed by atoms with van der Waals surface area (Å²) in [5, 5.41) is 13.9. The van der Waals surface area contributed by atoms with Crippen LogP contribution in [0.2, 0.25) is 0 Å². The minimum atomic E-state index is -1.00. The van der Waals surface area contributed by atoms with E-state index in [1.54, 1.807) is 12.1 Å². The van der Waals surface area contributed by atoms with Gasteiger partial charge >= 0.3 is 5.97 Å². The molecule has 1 amide bonds. The number of esters is 1. The molecule has 0 aromatic heterocycles. The summed E-state index contributed by atoms with van der Waals surface area (Å²) in [5.74, 6) is -1.17. The fourth-order valence-electron chi connectivity index (χ4n) is 2.85. The molecule has 0 saturated heterocycles. The van der Waals surface area contributed by atoms with Gasteiger partial charge in [-0.25, -0.2) is 4.79 Å². The van der Waals surface area contributed by atoms with Gasteiger partial charge in [0.1, 0.15) is 18.8 Å². The van der Waals surface area contributed by atoms with Crippen molar-refractivity contribution in [2.45, 2.75) is 26.2 Å². The van der Waals surface area contributed by atoms with E-state index in [4.69, 9.17) is 14.2 Å². The Balaban J connectivity index is 1.65. The molecule has 1 aliphatic heterocycles. The molecule has 30 heavy (non-hydrogen) atoms. The fraction of sp³-hybridized carbons (Fsp3) is 0.333. The zero-order chi connectivity index (χ0) is 21.9. The maximum atomic E-state index is 12.4. The van der Waals surface area contributed by atoms with E-state index in [1.165, 1.54) is 6.07 Å². The van der Waals surface area contributed by atoms with Crippen LogP contribution in [0.5, 0.6) is 11.5 Å². The van der Waals surface area contributed by atoms with Crippen molar-refractivity contribution in [3.05, 3.63) is 57.6 Å². The van der Waals surface area contributed by atoms with Crippen LogP contribution in [-0.2, 0) is 14.9 Å². The van der Waals surface area contributed by atoms with Crippen LogP contribution in [0.3, 0.4) is 0 Å². The molecule has 1 aliphatic rings. The lowest BCUT2D eigenvalue weighted by Gasteiger charge is -2.19. The Bertz CT molecular complexity index is 978. The number of nitrogens with one attached hydrogen (secondary N) is 1. The molecule has 158 valence electrons. The molecule has 9 nitrogen and oxygen atoms in total.